The van der Waals surface area contributed by atoms with Crippen LogP contribution in [0.2, 0.25) is 0 Å². The van der Waals surface area contributed by atoms with Crippen LogP contribution in [-0.2, 0) is 13.2 Å². The van der Waals surface area contributed by atoms with E-state index in [1.807, 2.05) is 13.0 Å². The van der Waals surface area contributed by atoms with E-state index in [1.54, 1.807) is 0 Å². The molecule has 100 valence electrons. The molecule has 0 atom stereocenters. The summed E-state index contributed by atoms with van der Waals surface area (Å²) in [5, 5.41) is 29.1. The average molecular weight is 250 g/mol. The van der Waals surface area contributed by atoms with Gasteiger partial charge in [-0.15, -0.1) is 0 Å². The van der Waals surface area contributed by atoms with Gasteiger partial charge in [0, 0.05) is 5.56 Å². The Balaban J connectivity index is 2.45. The van der Waals surface area contributed by atoms with Crippen LogP contribution in [0.15, 0.2) is 6.07 Å². The Morgan fingerprint density at radius 2 is 1.78 bits per heavy atom. The van der Waals surface area contributed by atoms with Crippen LogP contribution in [0.4, 0.5) is 0 Å². The standard InChI is InChI=1S/C15H22O3/c1-10-12(8-16)7-13(15(18)14(10)9-17)11-5-3-2-4-6-11/h7,11,16-18H,2-6,8-9H2,1H3. The summed E-state index contributed by atoms with van der Waals surface area (Å²) < 4.78 is 0. The maximum Gasteiger partial charge on any atom is 0.124 e. The average Bonchev–Trinajstić information content (AvgIpc) is 2.41. The molecule has 1 aliphatic rings. The fraction of sp³-hybridized carbons (Fsp3) is 0.600. The molecule has 0 aliphatic heterocycles. The van der Waals surface area contributed by atoms with E-state index < -0.39 is 0 Å². The quantitative estimate of drug-likeness (QED) is 0.773. The fourth-order valence-corrected chi connectivity index (χ4v) is 2.99. The SMILES string of the molecule is Cc1c(CO)cc(C2CCCCC2)c(O)c1CO. The van der Waals surface area contributed by atoms with Crippen molar-refractivity contribution in [2.24, 2.45) is 0 Å². The van der Waals surface area contributed by atoms with E-state index >= 15 is 0 Å². The van der Waals surface area contributed by atoms with E-state index in [-0.39, 0.29) is 19.0 Å². The van der Waals surface area contributed by atoms with Crippen molar-refractivity contribution in [2.45, 2.75) is 58.2 Å². The molecule has 0 amide bonds. The molecule has 3 heteroatoms. The highest BCUT2D eigenvalue weighted by atomic mass is 16.3. The molecule has 0 heterocycles. The van der Waals surface area contributed by atoms with Gasteiger partial charge in [-0.1, -0.05) is 19.3 Å². The Kier molecular flexibility index (Phi) is 4.25. The van der Waals surface area contributed by atoms with E-state index in [1.165, 1.54) is 19.3 Å². The van der Waals surface area contributed by atoms with Crippen LogP contribution in [0.25, 0.3) is 0 Å². The van der Waals surface area contributed by atoms with Crippen molar-refractivity contribution < 1.29 is 15.3 Å². The van der Waals surface area contributed by atoms with Crippen molar-refractivity contribution >= 4 is 0 Å². The van der Waals surface area contributed by atoms with E-state index in [4.69, 9.17) is 0 Å². The summed E-state index contributed by atoms with van der Waals surface area (Å²) in [7, 11) is 0. The molecule has 1 saturated carbocycles. The molecule has 1 aromatic carbocycles. The van der Waals surface area contributed by atoms with Gasteiger partial charge in [0.25, 0.3) is 0 Å². The molecule has 0 spiro atoms. The predicted octanol–water partition coefficient (Wildman–Crippen LogP) is 2.73. The normalized spacial score (nSPS) is 17.1. The maximum absolute atomic E-state index is 10.3. The largest absolute Gasteiger partial charge is 0.507 e. The molecular weight excluding hydrogens is 228 g/mol. The van der Waals surface area contributed by atoms with Gasteiger partial charge in [-0.3, -0.25) is 0 Å². The highest BCUT2D eigenvalue weighted by Gasteiger charge is 2.22. The highest BCUT2D eigenvalue weighted by Crippen LogP contribution is 2.40. The van der Waals surface area contributed by atoms with Crippen LogP contribution >= 0.6 is 0 Å². The number of rotatable bonds is 3. The zero-order valence-electron chi connectivity index (χ0n) is 10.9. The zero-order valence-corrected chi connectivity index (χ0v) is 10.9. The monoisotopic (exact) mass is 250 g/mol. The summed E-state index contributed by atoms with van der Waals surface area (Å²) in [5.74, 6) is 0.606. The number of hydrogen-bond donors (Lipinski definition) is 3. The molecular formula is C15H22O3. The lowest BCUT2D eigenvalue weighted by Crippen LogP contribution is -2.08. The van der Waals surface area contributed by atoms with E-state index in [9.17, 15) is 15.3 Å². The highest BCUT2D eigenvalue weighted by molar-refractivity contribution is 5.50. The summed E-state index contributed by atoms with van der Waals surface area (Å²) in [6.45, 7) is 1.62. The second-order valence-electron chi connectivity index (χ2n) is 5.23. The summed E-state index contributed by atoms with van der Waals surface area (Å²) in [6.07, 6.45) is 5.84. The minimum Gasteiger partial charge on any atom is -0.507 e. The van der Waals surface area contributed by atoms with Crippen molar-refractivity contribution in [3.63, 3.8) is 0 Å². The number of aromatic hydroxyl groups is 1. The number of hydrogen-bond acceptors (Lipinski definition) is 3. The van der Waals surface area contributed by atoms with Crippen LogP contribution in [0.3, 0.4) is 0 Å². The molecule has 3 N–H and O–H groups in total. The molecule has 0 aromatic heterocycles. The van der Waals surface area contributed by atoms with Gasteiger partial charge in [0.15, 0.2) is 0 Å². The molecule has 0 saturated heterocycles. The van der Waals surface area contributed by atoms with E-state index in [0.717, 1.165) is 29.5 Å². The van der Waals surface area contributed by atoms with Crippen LogP contribution in [0.1, 0.15) is 60.3 Å². The first-order chi connectivity index (χ1) is 8.69. The third-order valence-corrected chi connectivity index (χ3v) is 4.20. The molecule has 0 unspecified atom stereocenters. The molecule has 18 heavy (non-hydrogen) atoms. The number of phenols is 1. The van der Waals surface area contributed by atoms with Crippen LogP contribution in [0.5, 0.6) is 5.75 Å². The van der Waals surface area contributed by atoms with Gasteiger partial charge in [0.05, 0.1) is 13.2 Å². The Bertz CT molecular complexity index is 420. The first-order valence-corrected chi connectivity index (χ1v) is 6.75. The lowest BCUT2D eigenvalue weighted by molar-refractivity contribution is 0.267. The van der Waals surface area contributed by atoms with Crippen LogP contribution in [-0.4, -0.2) is 15.3 Å². The van der Waals surface area contributed by atoms with Crippen molar-refractivity contribution in [3.8, 4) is 5.75 Å². The second kappa shape index (κ2) is 5.72. The van der Waals surface area contributed by atoms with E-state index in [2.05, 4.69) is 0 Å². The lowest BCUT2D eigenvalue weighted by Gasteiger charge is -2.25. The Labute approximate surface area is 108 Å². The van der Waals surface area contributed by atoms with Gasteiger partial charge in [-0.2, -0.15) is 0 Å². The molecule has 0 bridgehead atoms. The second-order valence-corrected chi connectivity index (χ2v) is 5.23. The number of aliphatic hydroxyl groups is 2. The third-order valence-electron chi connectivity index (χ3n) is 4.20. The smallest absolute Gasteiger partial charge is 0.124 e. The van der Waals surface area contributed by atoms with Crippen molar-refractivity contribution in [2.75, 3.05) is 0 Å². The van der Waals surface area contributed by atoms with Gasteiger partial charge in [-0.25, -0.2) is 0 Å². The summed E-state index contributed by atoms with van der Waals surface area (Å²) in [6, 6.07) is 1.92. The Hall–Kier alpha value is -1.06. The fourth-order valence-electron chi connectivity index (χ4n) is 2.99. The summed E-state index contributed by atoms with van der Waals surface area (Å²) in [4.78, 5) is 0. The van der Waals surface area contributed by atoms with Crippen molar-refractivity contribution in [1.82, 2.24) is 0 Å². The van der Waals surface area contributed by atoms with Gasteiger partial charge in [0.1, 0.15) is 5.75 Å². The van der Waals surface area contributed by atoms with Gasteiger partial charge < -0.3 is 15.3 Å². The van der Waals surface area contributed by atoms with Crippen molar-refractivity contribution in [3.05, 3.63) is 28.3 Å². The maximum atomic E-state index is 10.3. The first kappa shape index (κ1) is 13.4. The van der Waals surface area contributed by atoms with Crippen molar-refractivity contribution in [1.29, 1.82) is 0 Å². The molecule has 0 radical (unpaired) electrons. The van der Waals surface area contributed by atoms with Gasteiger partial charge in [0.2, 0.25) is 0 Å². The Morgan fingerprint density at radius 3 is 2.33 bits per heavy atom. The molecule has 1 fully saturated rings. The summed E-state index contributed by atoms with van der Waals surface area (Å²) >= 11 is 0. The number of benzene rings is 1. The van der Waals surface area contributed by atoms with Gasteiger partial charge >= 0.3 is 0 Å². The Morgan fingerprint density at radius 1 is 1.11 bits per heavy atom. The first-order valence-electron chi connectivity index (χ1n) is 6.75. The molecule has 3 nitrogen and oxygen atoms in total. The number of aliphatic hydroxyl groups excluding tert-OH is 2. The summed E-state index contributed by atoms with van der Waals surface area (Å²) in [5.41, 5.74) is 3.10. The zero-order chi connectivity index (χ0) is 13.1. The predicted molar refractivity (Wildman–Crippen MR) is 70.5 cm³/mol. The minimum atomic E-state index is -0.175. The topological polar surface area (TPSA) is 60.7 Å². The molecule has 2 rings (SSSR count). The van der Waals surface area contributed by atoms with Crippen LogP contribution < -0.4 is 0 Å². The minimum absolute atomic E-state index is 0.0428. The van der Waals surface area contributed by atoms with E-state index in [0.29, 0.717) is 11.5 Å². The third kappa shape index (κ3) is 2.38. The molecule has 1 aromatic rings. The van der Waals surface area contributed by atoms with Crippen LogP contribution in [0, 0.1) is 6.92 Å². The molecule has 1 aliphatic carbocycles. The lowest BCUT2D eigenvalue weighted by atomic mass is 9.81. The van der Waals surface area contributed by atoms with Gasteiger partial charge in [-0.05, 0) is 48.4 Å².